The zero-order valence-electron chi connectivity index (χ0n) is 14.9. The molecule has 25 heavy (non-hydrogen) atoms. The van der Waals surface area contributed by atoms with Gasteiger partial charge in [-0.05, 0) is 43.5 Å². The van der Waals surface area contributed by atoms with Gasteiger partial charge in [0.25, 0.3) is 5.91 Å². The molecule has 4 N–H and O–H groups in total. The molecule has 2 rings (SSSR count). The summed E-state index contributed by atoms with van der Waals surface area (Å²) < 4.78 is 0. The van der Waals surface area contributed by atoms with Gasteiger partial charge in [-0.25, -0.2) is 0 Å². The van der Waals surface area contributed by atoms with E-state index in [1.165, 1.54) is 43.4 Å². The minimum atomic E-state index is -0.477. The first-order valence-corrected chi connectivity index (χ1v) is 10.2. The second-order valence-electron chi connectivity index (χ2n) is 6.60. The van der Waals surface area contributed by atoms with Gasteiger partial charge in [0.05, 0.1) is 5.56 Å². The molecule has 1 aliphatic carbocycles. The van der Waals surface area contributed by atoms with Crippen LogP contribution < -0.4 is 16.4 Å². The van der Waals surface area contributed by atoms with Crippen LogP contribution in [0.2, 0.25) is 0 Å². The Morgan fingerprint density at radius 1 is 1.28 bits per heavy atom. The molecule has 1 fully saturated rings. The molecule has 0 spiro atoms. The fourth-order valence-corrected chi connectivity index (χ4v) is 4.92. The van der Waals surface area contributed by atoms with E-state index in [-0.39, 0.29) is 11.0 Å². The van der Waals surface area contributed by atoms with Gasteiger partial charge in [-0.15, -0.1) is 11.3 Å². The van der Waals surface area contributed by atoms with Crippen LogP contribution in [0.1, 0.15) is 72.7 Å². The van der Waals surface area contributed by atoms with Crippen molar-refractivity contribution in [2.75, 3.05) is 5.32 Å². The Kier molecular flexibility index (Phi) is 7.38. The Morgan fingerprint density at radius 3 is 2.56 bits per heavy atom. The van der Waals surface area contributed by atoms with Crippen molar-refractivity contribution in [1.82, 2.24) is 5.32 Å². The lowest BCUT2D eigenvalue weighted by Gasteiger charge is -2.21. The number of aryl methyl sites for hydroxylation is 1. The minimum Gasteiger partial charge on any atom is -0.365 e. The van der Waals surface area contributed by atoms with Crippen LogP contribution in [-0.2, 0) is 11.2 Å². The Morgan fingerprint density at radius 2 is 1.96 bits per heavy atom. The molecule has 0 aliphatic heterocycles. The maximum absolute atomic E-state index is 12.1. The maximum atomic E-state index is 12.1. The van der Waals surface area contributed by atoms with Crippen LogP contribution in [0.25, 0.3) is 0 Å². The molecule has 0 atom stereocenters. The summed E-state index contributed by atoms with van der Waals surface area (Å²) in [5.74, 6) is 0.109. The topological polar surface area (TPSA) is 84.2 Å². The SMILES string of the molecule is CCc1c(C)sc(NC(=S)NC(=O)CCC2CCCCC2)c1C(N)=O. The van der Waals surface area contributed by atoms with Crippen LogP contribution in [0.5, 0.6) is 0 Å². The van der Waals surface area contributed by atoms with E-state index in [1.807, 2.05) is 13.8 Å². The standard InChI is InChI=1S/C18H27N3O2S2/c1-3-13-11(2)25-17(15(13)16(19)23)21-18(24)20-14(22)10-9-12-7-5-4-6-8-12/h12H,3-10H2,1-2H3,(H2,19,23)(H2,20,21,22,24). The third kappa shape index (κ3) is 5.51. The second kappa shape index (κ2) is 9.29. The number of hydrogen-bond donors (Lipinski definition) is 3. The molecule has 1 aromatic heterocycles. The number of hydrogen-bond acceptors (Lipinski definition) is 4. The lowest BCUT2D eigenvalue weighted by atomic mass is 9.86. The highest BCUT2D eigenvalue weighted by Gasteiger charge is 2.20. The Labute approximate surface area is 158 Å². The summed E-state index contributed by atoms with van der Waals surface area (Å²) in [4.78, 5) is 24.9. The summed E-state index contributed by atoms with van der Waals surface area (Å²) in [6, 6.07) is 0. The van der Waals surface area contributed by atoms with Crippen LogP contribution in [0.3, 0.4) is 0 Å². The summed E-state index contributed by atoms with van der Waals surface area (Å²) in [7, 11) is 0. The van der Waals surface area contributed by atoms with E-state index in [0.717, 1.165) is 23.3 Å². The number of primary amides is 1. The largest absolute Gasteiger partial charge is 0.365 e. The fourth-order valence-electron chi connectivity index (χ4n) is 3.49. The number of nitrogens with two attached hydrogens (primary N) is 1. The molecule has 7 heteroatoms. The van der Waals surface area contributed by atoms with Crippen LogP contribution in [0, 0.1) is 12.8 Å². The summed E-state index contributed by atoms with van der Waals surface area (Å²) >= 11 is 6.66. The summed E-state index contributed by atoms with van der Waals surface area (Å²) in [6.07, 6.45) is 8.46. The molecule has 0 bridgehead atoms. The van der Waals surface area contributed by atoms with Gasteiger partial charge in [0.15, 0.2) is 5.11 Å². The summed E-state index contributed by atoms with van der Waals surface area (Å²) in [5, 5.41) is 6.52. The van der Waals surface area contributed by atoms with Crippen molar-refractivity contribution in [3.63, 3.8) is 0 Å². The lowest BCUT2D eigenvalue weighted by molar-refractivity contribution is -0.120. The molecule has 138 valence electrons. The quantitative estimate of drug-likeness (QED) is 0.653. The number of thiophene rings is 1. The number of rotatable bonds is 6. The van der Waals surface area contributed by atoms with E-state index in [4.69, 9.17) is 18.0 Å². The molecule has 0 radical (unpaired) electrons. The molecule has 0 saturated heterocycles. The van der Waals surface area contributed by atoms with Gasteiger partial charge in [-0.2, -0.15) is 0 Å². The number of carbonyl (C=O) groups is 2. The zero-order chi connectivity index (χ0) is 18.4. The van der Waals surface area contributed by atoms with Crippen molar-refractivity contribution in [1.29, 1.82) is 0 Å². The Hall–Kier alpha value is -1.47. The number of amides is 2. The van der Waals surface area contributed by atoms with Gasteiger partial charge in [-0.3, -0.25) is 9.59 Å². The van der Waals surface area contributed by atoms with E-state index in [0.29, 0.717) is 22.9 Å². The highest BCUT2D eigenvalue weighted by molar-refractivity contribution is 7.80. The van der Waals surface area contributed by atoms with Crippen molar-refractivity contribution < 1.29 is 9.59 Å². The Balaban J connectivity index is 1.89. The predicted molar refractivity (Wildman–Crippen MR) is 107 cm³/mol. The molecule has 1 aliphatic rings. The molecule has 1 saturated carbocycles. The average Bonchev–Trinajstić information content (AvgIpc) is 2.89. The fraction of sp³-hybridized carbons (Fsp3) is 0.611. The van der Waals surface area contributed by atoms with E-state index < -0.39 is 5.91 Å². The van der Waals surface area contributed by atoms with Crippen molar-refractivity contribution in [3.05, 3.63) is 16.0 Å². The van der Waals surface area contributed by atoms with Crippen molar-refractivity contribution in [3.8, 4) is 0 Å². The lowest BCUT2D eigenvalue weighted by Crippen LogP contribution is -2.34. The van der Waals surface area contributed by atoms with Crippen LogP contribution >= 0.6 is 23.6 Å². The molecule has 2 amide bonds. The van der Waals surface area contributed by atoms with Gasteiger partial charge >= 0.3 is 0 Å². The zero-order valence-corrected chi connectivity index (χ0v) is 16.6. The smallest absolute Gasteiger partial charge is 0.251 e. The van der Waals surface area contributed by atoms with Gasteiger partial charge in [-0.1, -0.05) is 39.0 Å². The first kappa shape index (κ1) is 19.8. The molecule has 1 aromatic rings. The molecular formula is C18H27N3O2S2. The highest BCUT2D eigenvalue weighted by Crippen LogP contribution is 2.33. The monoisotopic (exact) mass is 381 g/mol. The first-order chi connectivity index (χ1) is 11.9. The van der Waals surface area contributed by atoms with Gasteiger partial charge < -0.3 is 16.4 Å². The molecular weight excluding hydrogens is 354 g/mol. The number of carbonyl (C=O) groups excluding carboxylic acids is 2. The second-order valence-corrected chi connectivity index (χ2v) is 8.24. The van der Waals surface area contributed by atoms with E-state index >= 15 is 0 Å². The van der Waals surface area contributed by atoms with E-state index in [9.17, 15) is 9.59 Å². The molecule has 5 nitrogen and oxygen atoms in total. The third-order valence-electron chi connectivity index (χ3n) is 4.79. The van der Waals surface area contributed by atoms with E-state index in [1.54, 1.807) is 0 Å². The molecule has 0 unspecified atom stereocenters. The van der Waals surface area contributed by atoms with Gasteiger partial charge in [0.1, 0.15) is 5.00 Å². The van der Waals surface area contributed by atoms with Crippen molar-refractivity contribution in [2.24, 2.45) is 11.7 Å². The van der Waals surface area contributed by atoms with Crippen LogP contribution in [-0.4, -0.2) is 16.9 Å². The highest BCUT2D eigenvalue weighted by atomic mass is 32.1. The maximum Gasteiger partial charge on any atom is 0.251 e. The van der Waals surface area contributed by atoms with Crippen LogP contribution in [0.4, 0.5) is 5.00 Å². The van der Waals surface area contributed by atoms with Crippen molar-refractivity contribution >= 4 is 45.5 Å². The minimum absolute atomic E-state index is 0.0762. The third-order valence-corrected chi connectivity index (χ3v) is 6.06. The van der Waals surface area contributed by atoms with Gasteiger partial charge in [0, 0.05) is 11.3 Å². The first-order valence-electron chi connectivity index (χ1n) is 8.95. The Bertz CT molecular complexity index is 649. The molecule has 0 aromatic carbocycles. The number of thiocarbonyl (C=S) groups is 1. The number of nitrogens with one attached hydrogen (secondary N) is 2. The number of anilines is 1. The van der Waals surface area contributed by atoms with E-state index in [2.05, 4.69) is 10.6 Å². The predicted octanol–water partition coefficient (Wildman–Crippen LogP) is 3.89. The summed E-state index contributed by atoms with van der Waals surface area (Å²) in [5.41, 5.74) is 6.92. The van der Waals surface area contributed by atoms with Crippen LogP contribution in [0.15, 0.2) is 0 Å². The van der Waals surface area contributed by atoms with Gasteiger partial charge in [0.2, 0.25) is 5.91 Å². The molecule has 1 heterocycles. The normalized spacial score (nSPS) is 15.0. The van der Waals surface area contributed by atoms with Crippen molar-refractivity contribution in [2.45, 2.75) is 65.2 Å². The summed E-state index contributed by atoms with van der Waals surface area (Å²) in [6.45, 7) is 3.93. The average molecular weight is 382 g/mol.